The lowest BCUT2D eigenvalue weighted by atomic mass is 10.1. The molecule has 24 heavy (non-hydrogen) atoms. The molecule has 0 atom stereocenters. The van der Waals surface area contributed by atoms with E-state index in [0.717, 1.165) is 4.90 Å². The number of hydrogen-bond acceptors (Lipinski definition) is 3. The summed E-state index contributed by atoms with van der Waals surface area (Å²) < 4.78 is 41.2. The zero-order valence-corrected chi connectivity index (χ0v) is 12.4. The Morgan fingerprint density at radius 2 is 1.88 bits per heavy atom. The van der Waals surface area contributed by atoms with Crippen LogP contribution in [0.4, 0.5) is 18.0 Å². The van der Waals surface area contributed by atoms with Gasteiger partial charge >= 0.3 is 12.3 Å². The molecule has 1 aliphatic heterocycles. The van der Waals surface area contributed by atoms with E-state index in [-0.39, 0.29) is 37.8 Å². The molecule has 0 aliphatic carbocycles. The SMILES string of the molecule is O=C(O)N1CCn2c(-c3ccc(CO)cc3)nc(C(F)(F)F)c2C1. The van der Waals surface area contributed by atoms with Gasteiger partial charge in [0.05, 0.1) is 18.8 Å². The molecular weight excluding hydrogens is 327 g/mol. The molecule has 1 aromatic heterocycles. The Morgan fingerprint density at radius 3 is 2.42 bits per heavy atom. The summed E-state index contributed by atoms with van der Waals surface area (Å²) in [5, 5.41) is 18.1. The van der Waals surface area contributed by atoms with E-state index < -0.39 is 18.0 Å². The lowest BCUT2D eigenvalue weighted by molar-refractivity contribution is -0.142. The topological polar surface area (TPSA) is 78.6 Å². The maximum atomic E-state index is 13.3. The van der Waals surface area contributed by atoms with Crippen LogP contribution in [0.1, 0.15) is 17.0 Å². The average molecular weight is 341 g/mol. The summed E-state index contributed by atoms with van der Waals surface area (Å²) in [5.74, 6) is 0.145. The number of amides is 1. The highest BCUT2D eigenvalue weighted by Crippen LogP contribution is 2.36. The molecule has 0 saturated carbocycles. The van der Waals surface area contributed by atoms with Crippen molar-refractivity contribution in [3.05, 3.63) is 41.2 Å². The summed E-state index contributed by atoms with van der Waals surface area (Å²) in [7, 11) is 0. The minimum Gasteiger partial charge on any atom is -0.465 e. The third-order valence-electron chi connectivity index (χ3n) is 3.94. The molecule has 9 heteroatoms. The first-order chi connectivity index (χ1) is 11.3. The molecule has 2 aromatic rings. The van der Waals surface area contributed by atoms with Gasteiger partial charge in [-0.2, -0.15) is 13.2 Å². The van der Waals surface area contributed by atoms with E-state index in [9.17, 15) is 18.0 Å². The van der Waals surface area contributed by atoms with Crippen LogP contribution in [0.15, 0.2) is 24.3 Å². The maximum Gasteiger partial charge on any atom is 0.435 e. The zero-order valence-electron chi connectivity index (χ0n) is 12.4. The van der Waals surface area contributed by atoms with Crippen LogP contribution in [0, 0.1) is 0 Å². The van der Waals surface area contributed by atoms with E-state index in [0.29, 0.717) is 11.1 Å². The first-order valence-corrected chi connectivity index (χ1v) is 7.16. The van der Waals surface area contributed by atoms with Gasteiger partial charge in [-0.1, -0.05) is 24.3 Å². The van der Waals surface area contributed by atoms with Crippen molar-refractivity contribution in [3.63, 3.8) is 0 Å². The number of aromatic nitrogens is 2. The van der Waals surface area contributed by atoms with Crippen molar-refractivity contribution in [2.24, 2.45) is 0 Å². The molecule has 0 spiro atoms. The van der Waals surface area contributed by atoms with Crippen molar-refractivity contribution in [1.82, 2.24) is 14.5 Å². The minimum atomic E-state index is -4.66. The lowest BCUT2D eigenvalue weighted by Crippen LogP contribution is -2.38. The molecule has 2 N–H and O–H groups in total. The maximum absolute atomic E-state index is 13.3. The molecule has 1 aromatic carbocycles. The third kappa shape index (κ3) is 2.82. The molecule has 0 bridgehead atoms. The number of rotatable bonds is 2. The summed E-state index contributed by atoms with van der Waals surface area (Å²) in [6.45, 7) is -0.327. The Bertz CT molecular complexity index is 769. The molecule has 0 saturated heterocycles. The highest BCUT2D eigenvalue weighted by molar-refractivity contribution is 5.66. The third-order valence-corrected chi connectivity index (χ3v) is 3.94. The number of carboxylic acid groups (broad SMARTS) is 1. The van der Waals surface area contributed by atoms with E-state index in [4.69, 9.17) is 10.2 Å². The summed E-state index contributed by atoms with van der Waals surface area (Å²) >= 11 is 0. The second kappa shape index (κ2) is 5.82. The number of halogens is 3. The number of benzene rings is 1. The van der Waals surface area contributed by atoms with Crippen molar-refractivity contribution >= 4 is 6.09 Å². The van der Waals surface area contributed by atoms with Crippen molar-refractivity contribution in [2.75, 3.05) is 6.54 Å². The fraction of sp³-hybridized carbons (Fsp3) is 0.333. The Hall–Kier alpha value is -2.55. The number of carbonyl (C=O) groups is 1. The zero-order chi connectivity index (χ0) is 17.5. The van der Waals surface area contributed by atoms with Crippen molar-refractivity contribution in [3.8, 4) is 11.4 Å². The quantitative estimate of drug-likeness (QED) is 0.880. The molecule has 2 heterocycles. The molecule has 0 fully saturated rings. The van der Waals surface area contributed by atoms with Gasteiger partial charge in [0.25, 0.3) is 0 Å². The van der Waals surface area contributed by atoms with Gasteiger partial charge in [0.1, 0.15) is 5.82 Å². The van der Waals surface area contributed by atoms with Gasteiger partial charge in [-0.3, -0.25) is 0 Å². The van der Waals surface area contributed by atoms with Crippen molar-refractivity contribution < 1.29 is 28.2 Å². The summed E-state index contributed by atoms with van der Waals surface area (Å²) in [4.78, 5) is 15.7. The Kier molecular flexibility index (Phi) is 3.96. The Labute approximate surface area is 134 Å². The molecular formula is C15H14F3N3O3. The number of hydrogen-bond donors (Lipinski definition) is 2. The van der Waals surface area contributed by atoms with E-state index >= 15 is 0 Å². The van der Waals surface area contributed by atoms with Crippen LogP contribution in [-0.2, 0) is 25.9 Å². The summed E-state index contributed by atoms with van der Waals surface area (Å²) in [6, 6.07) is 6.39. The predicted octanol–water partition coefficient (Wildman–Crippen LogP) is 2.55. The van der Waals surface area contributed by atoms with Gasteiger partial charge < -0.3 is 19.7 Å². The fourth-order valence-electron chi connectivity index (χ4n) is 2.74. The highest BCUT2D eigenvalue weighted by Gasteiger charge is 2.41. The Balaban J connectivity index is 2.10. The lowest BCUT2D eigenvalue weighted by Gasteiger charge is -2.27. The van der Waals surface area contributed by atoms with Crippen molar-refractivity contribution in [1.29, 1.82) is 0 Å². The van der Waals surface area contributed by atoms with Crippen LogP contribution < -0.4 is 0 Å². The molecule has 0 unspecified atom stereocenters. The predicted molar refractivity (Wildman–Crippen MR) is 77.0 cm³/mol. The Morgan fingerprint density at radius 1 is 1.21 bits per heavy atom. The first-order valence-electron chi connectivity index (χ1n) is 7.16. The number of alkyl halides is 3. The summed E-state index contributed by atoms with van der Waals surface area (Å²) in [5.41, 5.74) is -0.0999. The largest absolute Gasteiger partial charge is 0.465 e. The van der Waals surface area contributed by atoms with E-state index in [1.165, 1.54) is 4.57 Å². The summed E-state index contributed by atoms with van der Waals surface area (Å²) in [6.07, 6.45) is -5.92. The number of aliphatic hydroxyl groups excluding tert-OH is 1. The number of imidazole rings is 1. The molecule has 3 rings (SSSR count). The number of fused-ring (bicyclic) bond motifs is 1. The standard InChI is InChI=1S/C15H14F3N3O3/c16-15(17,18)12-11-7-20(14(23)24)5-6-21(11)13(19-12)10-3-1-9(8-22)2-4-10/h1-4,22H,5-8H2,(H,23,24). The number of nitrogens with zero attached hydrogens (tertiary/aromatic N) is 3. The van der Waals surface area contributed by atoms with Crippen LogP contribution in [0.2, 0.25) is 0 Å². The van der Waals surface area contributed by atoms with Crippen LogP contribution in [0.25, 0.3) is 11.4 Å². The van der Waals surface area contributed by atoms with Gasteiger partial charge in [-0.15, -0.1) is 0 Å². The van der Waals surface area contributed by atoms with Crippen LogP contribution in [-0.4, -0.2) is 37.3 Å². The van der Waals surface area contributed by atoms with Crippen LogP contribution >= 0.6 is 0 Å². The van der Waals surface area contributed by atoms with E-state index in [1.54, 1.807) is 24.3 Å². The number of aliphatic hydroxyl groups is 1. The van der Waals surface area contributed by atoms with E-state index in [2.05, 4.69) is 4.98 Å². The monoisotopic (exact) mass is 341 g/mol. The van der Waals surface area contributed by atoms with Gasteiger partial charge in [0.2, 0.25) is 0 Å². The van der Waals surface area contributed by atoms with Crippen LogP contribution in [0.5, 0.6) is 0 Å². The molecule has 128 valence electrons. The second-order valence-electron chi connectivity index (χ2n) is 5.44. The molecule has 0 radical (unpaired) electrons. The molecule has 6 nitrogen and oxygen atoms in total. The normalized spacial score (nSPS) is 14.6. The smallest absolute Gasteiger partial charge is 0.435 e. The van der Waals surface area contributed by atoms with E-state index in [1.807, 2.05) is 0 Å². The molecule has 1 amide bonds. The van der Waals surface area contributed by atoms with Crippen molar-refractivity contribution in [2.45, 2.75) is 25.9 Å². The van der Waals surface area contributed by atoms with Gasteiger partial charge in [-0.25, -0.2) is 9.78 Å². The van der Waals surface area contributed by atoms with Crippen LogP contribution in [0.3, 0.4) is 0 Å². The van der Waals surface area contributed by atoms with Gasteiger partial charge in [-0.05, 0) is 5.56 Å². The van der Waals surface area contributed by atoms with Gasteiger partial charge in [0.15, 0.2) is 5.69 Å². The average Bonchev–Trinajstić information content (AvgIpc) is 2.93. The second-order valence-corrected chi connectivity index (χ2v) is 5.44. The minimum absolute atomic E-state index is 0.0950. The first kappa shape index (κ1) is 16.3. The fourth-order valence-corrected chi connectivity index (χ4v) is 2.74. The molecule has 1 aliphatic rings. The highest BCUT2D eigenvalue weighted by atomic mass is 19.4. The van der Waals surface area contributed by atoms with Gasteiger partial charge in [0, 0.05) is 18.7 Å².